The first kappa shape index (κ1) is 15.7. The Bertz CT molecular complexity index is 492. The van der Waals surface area contributed by atoms with Crippen LogP contribution in [0.3, 0.4) is 0 Å². The van der Waals surface area contributed by atoms with Crippen molar-refractivity contribution in [3.05, 3.63) is 28.3 Å². The minimum Gasteiger partial charge on any atom is -0.495 e. The summed E-state index contributed by atoms with van der Waals surface area (Å²) < 4.78 is 9.93. The van der Waals surface area contributed by atoms with E-state index in [0.29, 0.717) is 18.9 Å². The second kappa shape index (κ2) is 7.29. The number of non-ortho nitro benzene ring substituents is 1. The van der Waals surface area contributed by atoms with E-state index < -0.39 is 11.0 Å². The Labute approximate surface area is 116 Å². The molecule has 0 bridgehead atoms. The molecule has 0 fully saturated rings. The molecule has 0 aliphatic rings. The summed E-state index contributed by atoms with van der Waals surface area (Å²) in [6.07, 6.45) is 0. The van der Waals surface area contributed by atoms with E-state index in [1.807, 2.05) is 0 Å². The zero-order valence-corrected chi connectivity index (χ0v) is 11.6. The molecule has 0 spiro atoms. The molecule has 8 nitrogen and oxygen atoms in total. The van der Waals surface area contributed by atoms with Crippen LogP contribution in [0, 0.1) is 10.1 Å². The molecule has 1 aromatic rings. The molecule has 0 unspecified atom stereocenters. The molecule has 2 amide bonds. The van der Waals surface area contributed by atoms with E-state index in [1.54, 1.807) is 7.05 Å². The van der Waals surface area contributed by atoms with Crippen LogP contribution in [0.5, 0.6) is 5.75 Å². The van der Waals surface area contributed by atoms with Crippen molar-refractivity contribution in [3.63, 3.8) is 0 Å². The summed E-state index contributed by atoms with van der Waals surface area (Å²) in [5.41, 5.74) is 0.122. The highest BCUT2D eigenvalue weighted by Gasteiger charge is 2.15. The van der Waals surface area contributed by atoms with E-state index in [2.05, 4.69) is 5.32 Å². The van der Waals surface area contributed by atoms with Gasteiger partial charge in [0.2, 0.25) is 0 Å². The Balaban J connectivity index is 2.86. The van der Waals surface area contributed by atoms with E-state index in [1.165, 1.54) is 37.3 Å². The van der Waals surface area contributed by atoms with Gasteiger partial charge < -0.3 is 19.7 Å². The molecule has 1 rings (SSSR count). The van der Waals surface area contributed by atoms with Crippen molar-refractivity contribution in [1.82, 2.24) is 4.90 Å². The van der Waals surface area contributed by atoms with Crippen LogP contribution >= 0.6 is 0 Å². The number of amides is 2. The lowest BCUT2D eigenvalue weighted by Gasteiger charge is -2.18. The van der Waals surface area contributed by atoms with Gasteiger partial charge in [-0.1, -0.05) is 0 Å². The summed E-state index contributed by atoms with van der Waals surface area (Å²) in [7, 11) is 4.55. The summed E-state index contributed by atoms with van der Waals surface area (Å²) in [4.78, 5) is 23.5. The van der Waals surface area contributed by atoms with Crippen LogP contribution in [0.15, 0.2) is 18.2 Å². The smallest absolute Gasteiger partial charge is 0.321 e. The van der Waals surface area contributed by atoms with Crippen molar-refractivity contribution in [3.8, 4) is 5.75 Å². The summed E-state index contributed by atoms with van der Waals surface area (Å²) in [6.45, 7) is 0.801. The lowest BCUT2D eigenvalue weighted by atomic mass is 10.2. The highest BCUT2D eigenvalue weighted by molar-refractivity contribution is 5.91. The molecule has 0 heterocycles. The molecule has 8 heteroatoms. The van der Waals surface area contributed by atoms with Gasteiger partial charge >= 0.3 is 6.03 Å². The number of carbonyl (C=O) groups is 1. The zero-order valence-electron chi connectivity index (χ0n) is 11.6. The summed E-state index contributed by atoms with van der Waals surface area (Å²) in [6, 6.07) is 3.59. The Morgan fingerprint density at radius 3 is 2.70 bits per heavy atom. The maximum absolute atomic E-state index is 11.9. The van der Waals surface area contributed by atoms with Gasteiger partial charge in [-0.25, -0.2) is 4.79 Å². The Kier molecular flexibility index (Phi) is 5.73. The maximum Gasteiger partial charge on any atom is 0.321 e. The minimum absolute atomic E-state index is 0.124. The Morgan fingerprint density at radius 2 is 2.15 bits per heavy atom. The van der Waals surface area contributed by atoms with Crippen LogP contribution in [-0.2, 0) is 4.74 Å². The van der Waals surface area contributed by atoms with Crippen LogP contribution in [0.2, 0.25) is 0 Å². The second-order valence-electron chi connectivity index (χ2n) is 3.99. The van der Waals surface area contributed by atoms with Gasteiger partial charge in [-0.2, -0.15) is 0 Å². The molecule has 1 N–H and O–H groups in total. The van der Waals surface area contributed by atoms with E-state index >= 15 is 0 Å². The summed E-state index contributed by atoms with van der Waals surface area (Å²) in [5.74, 6) is 0.351. The standard InChI is InChI=1S/C12H17N3O5/c1-14(6-7-19-2)12(16)13-10-8-9(15(17)18)4-5-11(10)20-3/h4-5,8H,6-7H2,1-3H3,(H,13,16). The van der Waals surface area contributed by atoms with E-state index in [4.69, 9.17) is 9.47 Å². The second-order valence-corrected chi connectivity index (χ2v) is 3.99. The molecular weight excluding hydrogens is 266 g/mol. The topological polar surface area (TPSA) is 93.9 Å². The fourth-order valence-electron chi connectivity index (χ4n) is 1.45. The van der Waals surface area contributed by atoms with Crippen LogP contribution in [0.4, 0.5) is 16.2 Å². The van der Waals surface area contributed by atoms with Crippen molar-refractivity contribution in [2.24, 2.45) is 0 Å². The van der Waals surface area contributed by atoms with Crippen LogP contribution < -0.4 is 10.1 Å². The number of anilines is 1. The molecule has 0 aliphatic heterocycles. The van der Waals surface area contributed by atoms with E-state index in [0.717, 1.165) is 0 Å². The molecule has 1 aromatic carbocycles. The third-order valence-electron chi connectivity index (χ3n) is 2.61. The van der Waals surface area contributed by atoms with Gasteiger partial charge in [-0.05, 0) is 6.07 Å². The first-order chi connectivity index (χ1) is 9.49. The molecule has 0 atom stereocenters. The van der Waals surface area contributed by atoms with Gasteiger partial charge in [0.25, 0.3) is 5.69 Å². The number of methoxy groups -OCH3 is 2. The van der Waals surface area contributed by atoms with Crippen LogP contribution in [0.1, 0.15) is 0 Å². The number of carbonyl (C=O) groups excluding carboxylic acids is 1. The predicted molar refractivity (Wildman–Crippen MR) is 73.2 cm³/mol. The quantitative estimate of drug-likeness (QED) is 0.633. The van der Waals surface area contributed by atoms with Crippen molar-refractivity contribution >= 4 is 17.4 Å². The number of hydrogen-bond donors (Lipinski definition) is 1. The molecule has 0 saturated carbocycles. The number of nitrogens with one attached hydrogen (secondary N) is 1. The molecule has 0 aliphatic carbocycles. The SMILES string of the molecule is COCCN(C)C(=O)Nc1cc([N+](=O)[O-])ccc1OC. The molecule has 0 aromatic heterocycles. The van der Waals surface area contributed by atoms with E-state index in [9.17, 15) is 14.9 Å². The third-order valence-corrected chi connectivity index (χ3v) is 2.61. The molecule has 110 valence electrons. The van der Waals surface area contributed by atoms with Crippen LogP contribution in [-0.4, -0.2) is 50.3 Å². The van der Waals surface area contributed by atoms with Gasteiger partial charge in [0.15, 0.2) is 0 Å². The number of nitro groups is 1. The first-order valence-electron chi connectivity index (χ1n) is 5.83. The number of hydrogen-bond acceptors (Lipinski definition) is 5. The van der Waals surface area contributed by atoms with Crippen molar-refractivity contribution in [1.29, 1.82) is 0 Å². The van der Waals surface area contributed by atoms with Gasteiger partial charge in [0, 0.05) is 32.8 Å². The highest BCUT2D eigenvalue weighted by Crippen LogP contribution is 2.28. The monoisotopic (exact) mass is 283 g/mol. The largest absolute Gasteiger partial charge is 0.495 e. The number of benzene rings is 1. The molecule has 0 radical (unpaired) electrons. The summed E-state index contributed by atoms with van der Waals surface area (Å²) >= 11 is 0. The number of rotatable bonds is 6. The average molecular weight is 283 g/mol. The Morgan fingerprint density at radius 1 is 1.45 bits per heavy atom. The normalized spacial score (nSPS) is 9.95. The molecule has 0 saturated heterocycles. The molecular formula is C12H17N3O5. The average Bonchev–Trinajstić information content (AvgIpc) is 2.44. The van der Waals surface area contributed by atoms with Crippen molar-refractivity contribution in [2.45, 2.75) is 0 Å². The maximum atomic E-state index is 11.9. The van der Waals surface area contributed by atoms with Gasteiger partial charge in [0.05, 0.1) is 24.3 Å². The number of ether oxygens (including phenoxy) is 2. The minimum atomic E-state index is -0.538. The van der Waals surface area contributed by atoms with Crippen molar-refractivity contribution in [2.75, 3.05) is 39.7 Å². The van der Waals surface area contributed by atoms with Gasteiger partial charge in [-0.15, -0.1) is 0 Å². The number of urea groups is 1. The Hall–Kier alpha value is -2.35. The third kappa shape index (κ3) is 4.09. The van der Waals surface area contributed by atoms with Gasteiger partial charge in [0.1, 0.15) is 5.75 Å². The molecule has 20 heavy (non-hydrogen) atoms. The highest BCUT2D eigenvalue weighted by atomic mass is 16.6. The van der Waals surface area contributed by atoms with Crippen LogP contribution in [0.25, 0.3) is 0 Å². The fraction of sp³-hybridized carbons (Fsp3) is 0.417. The lowest BCUT2D eigenvalue weighted by molar-refractivity contribution is -0.384. The van der Waals surface area contributed by atoms with Crippen molar-refractivity contribution < 1.29 is 19.2 Å². The lowest BCUT2D eigenvalue weighted by Crippen LogP contribution is -2.33. The fourth-order valence-corrected chi connectivity index (χ4v) is 1.45. The number of nitro benzene ring substituents is 1. The predicted octanol–water partition coefficient (Wildman–Crippen LogP) is 1.71. The van der Waals surface area contributed by atoms with Gasteiger partial charge in [-0.3, -0.25) is 10.1 Å². The first-order valence-corrected chi connectivity index (χ1v) is 5.83. The number of likely N-dealkylation sites (N-methyl/N-ethyl adjacent to an activating group) is 1. The number of nitrogens with zero attached hydrogens (tertiary/aromatic N) is 2. The van der Waals surface area contributed by atoms with E-state index in [-0.39, 0.29) is 11.4 Å². The summed E-state index contributed by atoms with van der Waals surface area (Å²) in [5, 5.41) is 13.3. The zero-order chi connectivity index (χ0) is 15.1.